The fraction of sp³-hybridized carbons (Fsp3) is 0.944. The number of hydrogen-bond donors (Lipinski definition) is 16. The van der Waals surface area contributed by atoms with Crippen LogP contribution in [0.3, 0.4) is 0 Å². The van der Waals surface area contributed by atoms with Crippen molar-refractivity contribution in [1.82, 2.24) is 0 Å². The van der Waals surface area contributed by atoms with Gasteiger partial charge in [0, 0.05) is 16.7 Å². The van der Waals surface area contributed by atoms with Gasteiger partial charge < -0.3 is 120 Å². The second-order valence-corrected chi connectivity index (χ2v) is 25.9. The number of ether oxygens (including phenoxy) is 8. The molecule has 4 aliphatic heterocycles. The molecule has 0 unspecified atom stereocenters. The number of ketones is 1. The summed E-state index contributed by atoms with van der Waals surface area (Å²) in [5.74, 6) is -1.00. The Morgan fingerprint density at radius 1 is 0.595 bits per heavy atom. The summed E-state index contributed by atoms with van der Waals surface area (Å²) in [7, 11) is 0. The summed E-state index contributed by atoms with van der Waals surface area (Å²) >= 11 is 0. The van der Waals surface area contributed by atoms with Crippen LogP contribution < -0.4 is 0 Å². The smallest absolute Gasteiger partial charge is 0.187 e. The molecule has 79 heavy (non-hydrogen) atoms. The molecule has 4 aliphatic carbocycles. The largest absolute Gasteiger partial charge is 0.394 e. The van der Waals surface area contributed by atoms with E-state index in [2.05, 4.69) is 20.8 Å². The van der Waals surface area contributed by atoms with Crippen molar-refractivity contribution in [3.8, 4) is 0 Å². The molecule has 0 bridgehead atoms. The molecule has 8 aliphatic rings. The fourth-order valence-corrected chi connectivity index (χ4v) is 15.3. The monoisotopic (exact) mass is 1140 g/mol. The molecule has 0 aromatic carbocycles. The van der Waals surface area contributed by atoms with E-state index in [0.717, 1.165) is 12.0 Å². The molecule has 4 heterocycles. The van der Waals surface area contributed by atoms with E-state index in [9.17, 15) is 81.7 Å². The van der Waals surface area contributed by atoms with Gasteiger partial charge in [0.1, 0.15) is 97.7 Å². The van der Waals surface area contributed by atoms with Gasteiger partial charge >= 0.3 is 0 Å². The van der Waals surface area contributed by atoms with Crippen LogP contribution in [0.15, 0.2) is 11.6 Å². The van der Waals surface area contributed by atoms with Gasteiger partial charge in [-0.25, -0.2) is 0 Å². The van der Waals surface area contributed by atoms with Crippen molar-refractivity contribution in [1.29, 1.82) is 0 Å². The summed E-state index contributed by atoms with van der Waals surface area (Å²) < 4.78 is 46.6. The summed E-state index contributed by atoms with van der Waals surface area (Å²) in [6.07, 6.45) is -29.7. The van der Waals surface area contributed by atoms with Crippen LogP contribution in [0.4, 0.5) is 0 Å². The summed E-state index contributed by atoms with van der Waals surface area (Å²) in [6.45, 7) is 12.8. The van der Waals surface area contributed by atoms with Crippen LogP contribution in [0.2, 0.25) is 0 Å². The molecule has 7 fully saturated rings. The topological polar surface area (TPSA) is 415 Å². The van der Waals surface area contributed by atoms with Gasteiger partial charge in [-0.1, -0.05) is 47.1 Å². The predicted octanol–water partition coefficient (Wildman–Crippen LogP) is -4.05. The van der Waals surface area contributed by atoms with Gasteiger partial charge in [0.25, 0.3) is 0 Å². The molecule has 25 nitrogen and oxygen atoms in total. The maximum absolute atomic E-state index is 15.1. The van der Waals surface area contributed by atoms with Gasteiger partial charge in [-0.3, -0.25) is 4.79 Å². The normalized spacial score (nSPS) is 51.0. The van der Waals surface area contributed by atoms with E-state index in [-0.39, 0.29) is 30.0 Å². The number of rotatable bonds is 17. The van der Waals surface area contributed by atoms with Gasteiger partial charge in [-0.2, -0.15) is 0 Å². The standard InChI is InChI=1S/C54H90O25/c1-21(9-11-32(51(4,5)71)79-49-44(70)40(66)36(62)29(77-49)20-73-47-42(68)38(64)34(60)27(18-56)75-47)22-13-14-52(6)45-25(57)15-24-23(54(45,8)30(58)16-53(22,52)7)10-12-31(50(24,2)3)78-48-43(69)39(65)35(61)28(76-48)19-72-46-41(67)37(63)33(59)26(17-55)74-46/h15,21-23,26-49,55-56,58-71H,9-14,16-20H2,1-8H3/t21-,22-,23-,26-,27-,28-,29-,30-,31+,32-,33-,34-,35-,36-,37+,38+,39+,40+,41-,42-,43-,44-,45+,46-,47-,48+,49+,52+,53-,54-/m1/s1. The Balaban J connectivity index is 0.925. The third-order valence-corrected chi connectivity index (χ3v) is 20.5. The second-order valence-electron chi connectivity index (χ2n) is 25.9. The van der Waals surface area contributed by atoms with Gasteiger partial charge in [-0.05, 0) is 93.5 Å². The zero-order valence-corrected chi connectivity index (χ0v) is 46.3. The van der Waals surface area contributed by atoms with Crippen LogP contribution in [0.25, 0.3) is 0 Å². The van der Waals surface area contributed by atoms with Crippen LogP contribution in [-0.2, 0) is 42.7 Å². The Labute approximate surface area is 459 Å². The number of allylic oxidation sites excluding steroid dienone is 1. The maximum atomic E-state index is 15.1. The van der Waals surface area contributed by atoms with Crippen LogP contribution in [0, 0.1) is 45.3 Å². The molecule has 16 N–H and O–H groups in total. The summed E-state index contributed by atoms with van der Waals surface area (Å²) in [4.78, 5) is 15.1. The molecule has 0 aromatic rings. The summed E-state index contributed by atoms with van der Waals surface area (Å²) in [6, 6.07) is 0. The van der Waals surface area contributed by atoms with Gasteiger partial charge in [0.15, 0.2) is 30.9 Å². The number of carbonyl (C=O) groups is 1. The van der Waals surface area contributed by atoms with E-state index >= 15 is 4.79 Å². The summed E-state index contributed by atoms with van der Waals surface area (Å²) in [5.41, 5.74) is -3.65. The molecule has 0 spiro atoms. The highest BCUT2D eigenvalue weighted by atomic mass is 16.7. The third kappa shape index (κ3) is 11.2. The lowest BCUT2D eigenvalue weighted by Gasteiger charge is -2.66. The van der Waals surface area contributed by atoms with Crippen molar-refractivity contribution in [2.75, 3.05) is 26.4 Å². The SMILES string of the molecule is C[C@H](CC[C@@H](O[C@@H]1O[C@H](CO[C@@H]2O[C@H](CO)[C@@H](O)[C@H](O)[C@H]2O)[C@@H](O)[C@H](O)[C@H]1O)C(C)(C)O)[C@H]1CC[C@@]2(C)[C@@H]3C(=O)C=C4[C@@H](CC[C@H](O[C@@H]5O[C@H](CO[C@@H]6O[C@H](CO)[C@@H](O)[C@H](O)[C@H]6O)[C@@H](O)[C@H](O)[C@H]5O)C4(C)C)[C@]3(C)[C@H](O)C[C@]12C. The molecule has 0 amide bonds. The molecule has 0 radical (unpaired) electrons. The third-order valence-electron chi connectivity index (χ3n) is 20.5. The average molecular weight is 1140 g/mol. The molecule has 30 atom stereocenters. The fourth-order valence-electron chi connectivity index (χ4n) is 15.3. The van der Waals surface area contributed by atoms with Crippen molar-refractivity contribution in [3.05, 3.63) is 11.6 Å². The highest BCUT2D eigenvalue weighted by Crippen LogP contribution is 2.74. The van der Waals surface area contributed by atoms with E-state index in [1.807, 2.05) is 20.8 Å². The number of aliphatic hydroxyl groups is 16. The van der Waals surface area contributed by atoms with E-state index in [4.69, 9.17) is 37.9 Å². The Morgan fingerprint density at radius 3 is 1.54 bits per heavy atom. The zero-order valence-electron chi connectivity index (χ0n) is 46.3. The highest BCUT2D eigenvalue weighted by Gasteiger charge is 2.72. The Bertz CT molecular complexity index is 2110. The van der Waals surface area contributed by atoms with Gasteiger partial charge in [-0.15, -0.1) is 0 Å². The van der Waals surface area contributed by atoms with Crippen molar-refractivity contribution in [3.63, 3.8) is 0 Å². The Kier molecular flexibility index (Phi) is 19.1. The predicted molar refractivity (Wildman–Crippen MR) is 268 cm³/mol. The van der Waals surface area contributed by atoms with E-state index in [1.54, 1.807) is 6.08 Å². The second kappa shape index (κ2) is 23.7. The molecule has 4 saturated heterocycles. The lowest BCUT2D eigenvalue weighted by atomic mass is 9.38. The first-order chi connectivity index (χ1) is 36.8. The quantitative estimate of drug-likeness (QED) is 0.0659. The number of aliphatic hydroxyl groups excluding tert-OH is 15. The zero-order chi connectivity index (χ0) is 58.4. The number of hydrogen-bond acceptors (Lipinski definition) is 25. The first kappa shape index (κ1) is 63.5. The first-order valence-corrected chi connectivity index (χ1v) is 28.0. The molecule has 8 rings (SSSR count). The van der Waals surface area contributed by atoms with Crippen LogP contribution >= 0.6 is 0 Å². The van der Waals surface area contributed by atoms with E-state index in [1.165, 1.54) is 13.8 Å². The first-order valence-electron chi connectivity index (χ1n) is 28.0. The minimum absolute atomic E-state index is 0.00225. The molecule has 3 saturated carbocycles. The van der Waals surface area contributed by atoms with Gasteiger partial charge in [0.2, 0.25) is 0 Å². The van der Waals surface area contributed by atoms with Crippen LogP contribution in [0.1, 0.15) is 100 Å². The van der Waals surface area contributed by atoms with Crippen molar-refractivity contribution < 1.29 is 124 Å². The molecular formula is C54H90O25. The summed E-state index contributed by atoms with van der Waals surface area (Å²) in [5, 5.41) is 171. The minimum atomic E-state index is -1.80. The van der Waals surface area contributed by atoms with Crippen molar-refractivity contribution >= 4 is 5.78 Å². The molecular weight excluding hydrogens is 1050 g/mol. The minimum Gasteiger partial charge on any atom is -0.394 e. The van der Waals surface area contributed by atoms with Crippen LogP contribution in [-0.4, -0.2) is 261 Å². The maximum Gasteiger partial charge on any atom is 0.187 e. The van der Waals surface area contributed by atoms with E-state index in [0.29, 0.717) is 32.1 Å². The number of carbonyl (C=O) groups excluding carboxylic acids is 1. The average Bonchev–Trinajstić information content (AvgIpc) is 2.77. The Morgan fingerprint density at radius 2 is 1.05 bits per heavy atom. The lowest BCUT2D eigenvalue weighted by molar-refractivity contribution is -0.341. The van der Waals surface area contributed by atoms with Crippen molar-refractivity contribution in [2.45, 2.75) is 247 Å². The van der Waals surface area contributed by atoms with Gasteiger partial charge in [0.05, 0.1) is 50.3 Å². The Hall–Kier alpha value is -1.55. The van der Waals surface area contributed by atoms with Crippen molar-refractivity contribution in [2.24, 2.45) is 45.3 Å². The lowest BCUT2D eigenvalue weighted by Crippen LogP contribution is -2.67. The molecule has 25 heteroatoms. The molecule has 0 aromatic heterocycles. The molecule has 456 valence electrons. The van der Waals surface area contributed by atoms with Crippen LogP contribution in [0.5, 0.6) is 0 Å². The van der Waals surface area contributed by atoms with E-state index < -0.39 is 201 Å². The highest BCUT2D eigenvalue weighted by molar-refractivity contribution is 5.95. The number of fused-ring (bicyclic) bond motifs is 5.